The number of nitrogens with two attached hydrogens (primary N) is 1. The van der Waals surface area contributed by atoms with E-state index in [4.69, 9.17) is 5.73 Å². The van der Waals surface area contributed by atoms with Crippen molar-refractivity contribution < 1.29 is 4.79 Å². The lowest BCUT2D eigenvalue weighted by atomic mass is 9.81. The van der Waals surface area contributed by atoms with Crippen LogP contribution in [-0.4, -0.2) is 17.4 Å². The molecule has 0 bridgehead atoms. The first kappa shape index (κ1) is 13.5. The predicted molar refractivity (Wildman–Crippen MR) is 69.6 cm³/mol. The topological polar surface area (TPSA) is 68.0 Å². The standard InChI is InChI=1S/C13H21N3O/c1-9(2)13(3,4)8-16-12(17)11-10(14)6-5-7-15-11/h5-7,9H,8,14H2,1-4H3,(H,16,17). The van der Waals surface area contributed by atoms with E-state index in [2.05, 4.69) is 38.0 Å². The smallest absolute Gasteiger partial charge is 0.272 e. The summed E-state index contributed by atoms with van der Waals surface area (Å²) in [6.45, 7) is 9.14. The Hall–Kier alpha value is -1.58. The number of carbonyl (C=O) groups excluding carboxylic acids is 1. The molecule has 0 aromatic carbocycles. The van der Waals surface area contributed by atoms with Crippen LogP contribution in [0.15, 0.2) is 18.3 Å². The fourth-order valence-electron chi connectivity index (χ4n) is 1.20. The number of nitrogens with zero attached hydrogens (tertiary/aromatic N) is 1. The van der Waals surface area contributed by atoms with Crippen LogP contribution < -0.4 is 11.1 Å². The zero-order valence-electron chi connectivity index (χ0n) is 10.9. The van der Waals surface area contributed by atoms with Gasteiger partial charge in [-0.25, -0.2) is 4.98 Å². The van der Waals surface area contributed by atoms with E-state index in [1.807, 2.05) is 0 Å². The molecule has 4 heteroatoms. The minimum absolute atomic E-state index is 0.0548. The van der Waals surface area contributed by atoms with Crippen LogP contribution in [0.2, 0.25) is 0 Å². The van der Waals surface area contributed by atoms with Crippen molar-refractivity contribution in [3.63, 3.8) is 0 Å². The number of aromatic nitrogens is 1. The maximum atomic E-state index is 11.9. The Bertz CT molecular complexity index is 399. The van der Waals surface area contributed by atoms with Gasteiger partial charge in [-0.3, -0.25) is 4.79 Å². The molecule has 17 heavy (non-hydrogen) atoms. The Kier molecular flexibility index (Phi) is 4.10. The van der Waals surface area contributed by atoms with E-state index in [1.165, 1.54) is 0 Å². The maximum Gasteiger partial charge on any atom is 0.272 e. The summed E-state index contributed by atoms with van der Waals surface area (Å²) in [7, 11) is 0. The molecule has 0 unspecified atom stereocenters. The van der Waals surface area contributed by atoms with Gasteiger partial charge in [0.15, 0.2) is 5.69 Å². The highest BCUT2D eigenvalue weighted by Gasteiger charge is 2.23. The summed E-state index contributed by atoms with van der Waals surface area (Å²) in [5.74, 6) is 0.278. The molecule has 0 radical (unpaired) electrons. The second-order valence-electron chi connectivity index (χ2n) is 5.27. The molecule has 0 atom stereocenters. The quantitative estimate of drug-likeness (QED) is 0.839. The Labute approximate surface area is 103 Å². The van der Waals surface area contributed by atoms with Crippen molar-refractivity contribution in [3.05, 3.63) is 24.0 Å². The Balaban J connectivity index is 2.66. The fourth-order valence-corrected chi connectivity index (χ4v) is 1.20. The molecule has 3 N–H and O–H groups in total. The number of anilines is 1. The number of amides is 1. The van der Waals surface area contributed by atoms with Crippen molar-refractivity contribution in [1.82, 2.24) is 10.3 Å². The maximum absolute atomic E-state index is 11.9. The van der Waals surface area contributed by atoms with Crippen LogP contribution in [0.1, 0.15) is 38.2 Å². The molecule has 0 saturated heterocycles. The molecule has 0 aliphatic rings. The van der Waals surface area contributed by atoms with Crippen LogP contribution in [0.5, 0.6) is 0 Å². The molecular weight excluding hydrogens is 214 g/mol. The van der Waals surface area contributed by atoms with Gasteiger partial charge in [-0.1, -0.05) is 27.7 Å². The van der Waals surface area contributed by atoms with Crippen molar-refractivity contribution in [3.8, 4) is 0 Å². The van der Waals surface area contributed by atoms with Gasteiger partial charge < -0.3 is 11.1 Å². The molecular formula is C13H21N3O. The van der Waals surface area contributed by atoms with Gasteiger partial charge in [0.05, 0.1) is 5.69 Å². The Morgan fingerprint density at radius 3 is 2.71 bits per heavy atom. The summed E-state index contributed by atoms with van der Waals surface area (Å²) in [5, 5.41) is 2.88. The first-order valence-corrected chi connectivity index (χ1v) is 5.83. The number of carbonyl (C=O) groups is 1. The van der Waals surface area contributed by atoms with E-state index < -0.39 is 0 Å². The summed E-state index contributed by atoms with van der Waals surface area (Å²) in [6.07, 6.45) is 1.57. The molecule has 1 rings (SSSR count). The monoisotopic (exact) mass is 235 g/mol. The number of nitrogens with one attached hydrogen (secondary N) is 1. The number of rotatable bonds is 4. The molecule has 1 heterocycles. The van der Waals surface area contributed by atoms with Crippen molar-refractivity contribution >= 4 is 11.6 Å². The molecule has 0 fully saturated rings. The van der Waals surface area contributed by atoms with Gasteiger partial charge in [-0.15, -0.1) is 0 Å². The van der Waals surface area contributed by atoms with Gasteiger partial charge in [0, 0.05) is 12.7 Å². The first-order valence-electron chi connectivity index (χ1n) is 5.83. The molecule has 1 aromatic heterocycles. The summed E-state index contributed by atoms with van der Waals surface area (Å²) >= 11 is 0. The zero-order chi connectivity index (χ0) is 13.1. The number of nitrogen functional groups attached to an aromatic ring is 1. The van der Waals surface area contributed by atoms with Crippen molar-refractivity contribution in [2.75, 3.05) is 12.3 Å². The highest BCUT2D eigenvalue weighted by atomic mass is 16.1. The molecule has 4 nitrogen and oxygen atoms in total. The van der Waals surface area contributed by atoms with Crippen LogP contribution in [0.4, 0.5) is 5.69 Å². The van der Waals surface area contributed by atoms with Gasteiger partial charge in [-0.05, 0) is 23.5 Å². The van der Waals surface area contributed by atoms with Gasteiger partial charge in [0.1, 0.15) is 0 Å². The Morgan fingerprint density at radius 1 is 1.53 bits per heavy atom. The molecule has 1 amide bonds. The summed E-state index contributed by atoms with van der Waals surface area (Å²) < 4.78 is 0. The average Bonchev–Trinajstić information content (AvgIpc) is 2.26. The summed E-state index contributed by atoms with van der Waals surface area (Å²) in [6, 6.07) is 3.39. The second kappa shape index (κ2) is 5.17. The SMILES string of the molecule is CC(C)C(C)(C)CNC(=O)c1ncccc1N. The third kappa shape index (κ3) is 3.44. The van der Waals surface area contributed by atoms with Crippen molar-refractivity contribution in [1.29, 1.82) is 0 Å². The third-order valence-electron chi connectivity index (χ3n) is 3.32. The summed E-state index contributed by atoms with van der Waals surface area (Å²) in [4.78, 5) is 15.9. The lowest BCUT2D eigenvalue weighted by Crippen LogP contribution is -2.37. The highest BCUT2D eigenvalue weighted by molar-refractivity contribution is 5.96. The second-order valence-corrected chi connectivity index (χ2v) is 5.27. The zero-order valence-corrected chi connectivity index (χ0v) is 10.9. The number of hydrogen-bond donors (Lipinski definition) is 2. The van der Waals surface area contributed by atoms with E-state index in [9.17, 15) is 4.79 Å². The molecule has 0 aliphatic carbocycles. The van der Waals surface area contributed by atoms with Crippen LogP contribution in [0, 0.1) is 11.3 Å². The van der Waals surface area contributed by atoms with E-state index in [-0.39, 0.29) is 11.3 Å². The van der Waals surface area contributed by atoms with Gasteiger partial charge in [0.2, 0.25) is 0 Å². The molecule has 0 aliphatic heterocycles. The minimum atomic E-state index is -0.211. The molecule has 1 aromatic rings. The van der Waals surface area contributed by atoms with Crippen LogP contribution in [0.25, 0.3) is 0 Å². The van der Waals surface area contributed by atoms with Gasteiger partial charge in [-0.2, -0.15) is 0 Å². The largest absolute Gasteiger partial charge is 0.397 e. The normalized spacial score (nSPS) is 11.6. The van der Waals surface area contributed by atoms with Crippen LogP contribution in [0.3, 0.4) is 0 Å². The van der Waals surface area contributed by atoms with Gasteiger partial charge >= 0.3 is 0 Å². The van der Waals surface area contributed by atoms with Crippen molar-refractivity contribution in [2.24, 2.45) is 11.3 Å². The summed E-state index contributed by atoms with van der Waals surface area (Å²) in [5.41, 5.74) is 6.46. The van der Waals surface area contributed by atoms with Crippen molar-refractivity contribution in [2.45, 2.75) is 27.7 Å². The van der Waals surface area contributed by atoms with Crippen LogP contribution >= 0.6 is 0 Å². The van der Waals surface area contributed by atoms with E-state index >= 15 is 0 Å². The van der Waals surface area contributed by atoms with Crippen LogP contribution in [-0.2, 0) is 0 Å². The lowest BCUT2D eigenvalue weighted by Gasteiger charge is -2.29. The lowest BCUT2D eigenvalue weighted by molar-refractivity contribution is 0.0921. The first-order chi connectivity index (χ1) is 7.84. The third-order valence-corrected chi connectivity index (χ3v) is 3.32. The molecule has 0 spiro atoms. The van der Waals surface area contributed by atoms with E-state index in [0.29, 0.717) is 23.8 Å². The predicted octanol–water partition coefficient (Wildman–Crippen LogP) is 2.08. The number of hydrogen-bond acceptors (Lipinski definition) is 3. The highest BCUT2D eigenvalue weighted by Crippen LogP contribution is 2.24. The number of pyridine rings is 1. The molecule has 94 valence electrons. The Morgan fingerprint density at radius 2 is 2.18 bits per heavy atom. The molecule has 0 saturated carbocycles. The minimum Gasteiger partial charge on any atom is -0.397 e. The van der Waals surface area contributed by atoms with E-state index in [0.717, 1.165) is 0 Å². The van der Waals surface area contributed by atoms with Gasteiger partial charge in [0.25, 0.3) is 5.91 Å². The average molecular weight is 235 g/mol. The van der Waals surface area contributed by atoms with E-state index in [1.54, 1.807) is 18.3 Å². The fraction of sp³-hybridized carbons (Fsp3) is 0.538.